The smallest absolute Gasteiger partial charge is 0.152 e. The fraction of sp³-hybridized carbons (Fsp3) is 0. The van der Waals surface area contributed by atoms with Crippen molar-refractivity contribution in [2.45, 2.75) is 0 Å². The number of fused-ring (bicyclic) bond motifs is 10. The van der Waals surface area contributed by atoms with Crippen LogP contribution in [-0.4, -0.2) is 9.13 Å². The van der Waals surface area contributed by atoms with Gasteiger partial charge in [0.15, 0.2) is 23.0 Å². The average Bonchev–Trinajstić information content (AvgIpc) is 3.74. The second-order valence-corrected chi connectivity index (χ2v) is 13.8. The predicted octanol–water partition coefficient (Wildman–Crippen LogP) is 13.2. The molecule has 0 bridgehead atoms. The number of anilines is 3. The molecule has 4 heterocycles. The van der Waals surface area contributed by atoms with E-state index in [4.69, 9.17) is 9.47 Å². The summed E-state index contributed by atoms with van der Waals surface area (Å²) in [5.74, 6) is 3.44. The molecule has 0 amide bonds. The fourth-order valence-corrected chi connectivity index (χ4v) is 8.56. The number of hydrogen-bond acceptors (Lipinski definition) is 3. The van der Waals surface area contributed by atoms with E-state index in [0.717, 1.165) is 73.6 Å². The van der Waals surface area contributed by atoms with Crippen LogP contribution in [0.25, 0.3) is 66.1 Å². The number of nitrogens with zero attached hydrogens (tertiary/aromatic N) is 3. The Morgan fingerprint density at radius 2 is 0.887 bits per heavy atom. The maximum atomic E-state index is 6.58. The van der Waals surface area contributed by atoms with Crippen LogP contribution >= 0.6 is 0 Å². The Kier molecular flexibility index (Phi) is 5.71. The second-order valence-electron chi connectivity index (χ2n) is 13.8. The molecule has 0 radical (unpaired) electrons. The van der Waals surface area contributed by atoms with Crippen LogP contribution in [-0.2, 0) is 0 Å². The number of ether oxygens (including phenoxy) is 2. The summed E-state index contributed by atoms with van der Waals surface area (Å²) >= 11 is 0. The van der Waals surface area contributed by atoms with E-state index in [2.05, 4.69) is 166 Å². The van der Waals surface area contributed by atoms with E-state index in [9.17, 15) is 0 Å². The lowest BCUT2D eigenvalue weighted by molar-refractivity contribution is 0.476. The van der Waals surface area contributed by atoms with Crippen molar-refractivity contribution in [1.29, 1.82) is 0 Å². The first-order chi connectivity index (χ1) is 26.3. The third kappa shape index (κ3) is 4.02. The van der Waals surface area contributed by atoms with E-state index in [0.29, 0.717) is 0 Å². The topological polar surface area (TPSA) is 31.6 Å². The third-order valence-corrected chi connectivity index (χ3v) is 10.9. The molecule has 10 aromatic rings. The zero-order valence-electron chi connectivity index (χ0n) is 28.4. The molecule has 0 unspecified atom stereocenters. The Labute approximate surface area is 304 Å². The van der Waals surface area contributed by atoms with Gasteiger partial charge in [0.1, 0.15) is 0 Å². The van der Waals surface area contributed by atoms with Crippen LogP contribution in [0.3, 0.4) is 0 Å². The molecule has 5 heteroatoms. The molecule has 2 aliphatic heterocycles. The monoisotopic (exact) mass is 679 g/mol. The van der Waals surface area contributed by atoms with Crippen molar-refractivity contribution in [2.75, 3.05) is 4.90 Å². The number of aromatic nitrogens is 2. The summed E-state index contributed by atoms with van der Waals surface area (Å²) in [6.07, 6.45) is 0. The first-order valence-corrected chi connectivity index (χ1v) is 17.9. The van der Waals surface area contributed by atoms with Gasteiger partial charge < -0.3 is 23.5 Å². The van der Waals surface area contributed by atoms with E-state index < -0.39 is 0 Å². The SMILES string of the molecule is c1ccc2c(c1)Oc1ccccc1N2c1ccc2c(c1)c1ccccc1n2-c1ccc(-c2ccc3c(c2)Oc2cccc4c5ccccc5n-3c24)cc1. The lowest BCUT2D eigenvalue weighted by atomic mass is 10.0. The Bertz CT molecular complexity index is 3090. The Morgan fingerprint density at radius 1 is 0.321 bits per heavy atom. The minimum absolute atomic E-state index is 0.847. The summed E-state index contributed by atoms with van der Waals surface area (Å²) in [6, 6.07) is 62.3. The highest BCUT2D eigenvalue weighted by Gasteiger charge is 2.27. The van der Waals surface area contributed by atoms with Crippen molar-refractivity contribution in [1.82, 2.24) is 9.13 Å². The normalized spacial score (nSPS) is 12.8. The maximum Gasteiger partial charge on any atom is 0.152 e. The Morgan fingerprint density at radius 3 is 1.66 bits per heavy atom. The quantitative estimate of drug-likeness (QED) is 0.186. The van der Waals surface area contributed by atoms with Gasteiger partial charge in [-0.2, -0.15) is 0 Å². The predicted molar refractivity (Wildman–Crippen MR) is 215 cm³/mol. The molecule has 5 nitrogen and oxygen atoms in total. The molecular weight excluding hydrogens is 651 g/mol. The summed E-state index contributed by atoms with van der Waals surface area (Å²) in [5, 5.41) is 4.85. The molecule has 2 aliphatic rings. The highest BCUT2D eigenvalue weighted by atomic mass is 16.5. The number of hydrogen-bond donors (Lipinski definition) is 0. The fourth-order valence-electron chi connectivity index (χ4n) is 8.56. The van der Waals surface area contributed by atoms with E-state index in [1.807, 2.05) is 24.3 Å². The van der Waals surface area contributed by atoms with E-state index in [-0.39, 0.29) is 0 Å². The Hall–Kier alpha value is -7.24. The van der Waals surface area contributed by atoms with Gasteiger partial charge in [0.2, 0.25) is 0 Å². The molecule has 0 saturated carbocycles. The van der Waals surface area contributed by atoms with Crippen molar-refractivity contribution in [3.8, 4) is 45.5 Å². The molecule has 8 aromatic carbocycles. The lowest BCUT2D eigenvalue weighted by Crippen LogP contribution is -2.15. The standard InChI is InChI=1S/C48H29N3O2/c1-4-14-39-34(10-1)36-12-9-19-46-48(36)51(39)43-26-22-31(28-47(43)53-46)30-20-23-32(24-21-30)49-38-13-3-2-11-35(38)37-29-33(25-27-40(37)49)50-41-15-5-7-17-44(41)52-45-18-8-6-16-42(45)50/h1-29H. The molecule has 2 aromatic heterocycles. The second kappa shape index (κ2) is 10.6. The van der Waals surface area contributed by atoms with E-state index in [1.165, 1.54) is 32.6 Å². The van der Waals surface area contributed by atoms with Crippen molar-refractivity contribution < 1.29 is 9.47 Å². The van der Waals surface area contributed by atoms with Crippen LogP contribution in [0.2, 0.25) is 0 Å². The van der Waals surface area contributed by atoms with Crippen LogP contribution in [0, 0.1) is 0 Å². The van der Waals surface area contributed by atoms with E-state index in [1.54, 1.807) is 0 Å². The highest BCUT2D eigenvalue weighted by Crippen LogP contribution is 2.51. The van der Waals surface area contributed by atoms with Gasteiger partial charge >= 0.3 is 0 Å². The zero-order valence-corrected chi connectivity index (χ0v) is 28.4. The third-order valence-electron chi connectivity index (χ3n) is 10.9. The molecule has 12 rings (SSSR count). The average molecular weight is 680 g/mol. The van der Waals surface area contributed by atoms with Crippen molar-refractivity contribution in [2.24, 2.45) is 0 Å². The van der Waals surface area contributed by atoms with Gasteiger partial charge in [-0.05, 0) is 96.1 Å². The molecule has 0 atom stereocenters. The molecular formula is C48H29N3O2. The highest BCUT2D eigenvalue weighted by molar-refractivity contribution is 6.13. The molecule has 0 fully saturated rings. The minimum atomic E-state index is 0.847. The molecule has 248 valence electrons. The van der Waals surface area contributed by atoms with Gasteiger partial charge in [-0.3, -0.25) is 0 Å². The molecule has 0 spiro atoms. The van der Waals surface area contributed by atoms with Gasteiger partial charge in [-0.1, -0.05) is 91.0 Å². The van der Waals surface area contributed by atoms with Crippen LogP contribution < -0.4 is 14.4 Å². The molecule has 53 heavy (non-hydrogen) atoms. The van der Waals surface area contributed by atoms with Gasteiger partial charge in [0.25, 0.3) is 0 Å². The van der Waals surface area contributed by atoms with Crippen molar-refractivity contribution >= 4 is 60.7 Å². The largest absolute Gasteiger partial charge is 0.453 e. The van der Waals surface area contributed by atoms with Crippen LogP contribution in [0.5, 0.6) is 23.0 Å². The van der Waals surface area contributed by atoms with E-state index >= 15 is 0 Å². The molecule has 0 N–H and O–H groups in total. The van der Waals surface area contributed by atoms with Crippen LogP contribution in [0.4, 0.5) is 17.1 Å². The number of rotatable bonds is 3. The number of benzene rings is 8. The van der Waals surface area contributed by atoms with Crippen LogP contribution in [0.1, 0.15) is 0 Å². The van der Waals surface area contributed by atoms with Gasteiger partial charge in [0.05, 0.1) is 39.1 Å². The first kappa shape index (κ1) is 28.5. The summed E-state index contributed by atoms with van der Waals surface area (Å²) in [5.41, 5.74) is 12.2. The maximum absolute atomic E-state index is 6.58. The zero-order chi connectivity index (χ0) is 34.6. The van der Waals surface area contributed by atoms with Crippen LogP contribution in [0.15, 0.2) is 176 Å². The number of para-hydroxylation sites is 7. The van der Waals surface area contributed by atoms with Gasteiger partial charge in [-0.15, -0.1) is 0 Å². The lowest BCUT2D eigenvalue weighted by Gasteiger charge is -2.32. The van der Waals surface area contributed by atoms with Gasteiger partial charge in [-0.25, -0.2) is 0 Å². The summed E-state index contributed by atoms with van der Waals surface area (Å²) in [6.45, 7) is 0. The van der Waals surface area contributed by atoms with Crippen molar-refractivity contribution in [3.05, 3.63) is 176 Å². The van der Waals surface area contributed by atoms with Crippen molar-refractivity contribution in [3.63, 3.8) is 0 Å². The summed E-state index contributed by atoms with van der Waals surface area (Å²) in [7, 11) is 0. The first-order valence-electron chi connectivity index (χ1n) is 17.9. The summed E-state index contributed by atoms with van der Waals surface area (Å²) in [4.78, 5) is 2.30. The Balaban J connectivity index is 0.953. The molecule has 0 aliphatic carbocycles. The summed E-state index contributed by atoms with van der Waals surface area (Å²) < 4.78 is 17.6. The molecule has 0 saturated heterocycles. The minimum Gasteiger partial charge on any atom is -0.453 e. The van der Waals surface area contributed by atoms with Gasteiger partial charge in [0, 0.05) is 32.9 Å².